The summed E-state index contributed by atoms with van der Waals surface area (Å²) in [5.74, 6) is 0.643. The van der Waals surface area contributed by atoms with E-state index in [1.54, 1.807) is 48.5 Å². The fourth-order valence-electron chi connectivity index (χ4n) is 4.15. The molecule has 0 aliphatic heterocycles. The first-order valence-corrected chi connectivity index (χ1v) is 17.8. The van der Waals surface area contributed by atoms with Crippen molar-refractivity contribution < 1.29 is 32.7 Å². The average Bonchev–Trinajstić information content (AvgIpc) is 2.84. The summed E-state index contributed by atoms with van der Waals surface area (Å²) < 4.78 is 29.1. The highest BCUT2D eigenvalue weighted by Gasteiger charge is 2.44. The maximum absolute atomic E-state index is 11.7. The molecule has 0 bridgehead atoms. The lowest BCUT2D eigenvalue weighted by molar-refractivity contribution is 0.0591. The molecule has 0 aliphatic carbocycles. The zero-order valence-electron chi connectivity index (χ0n) is 22.0. The van der Waals surface area contributed by atoms with Crippen molar-refractivity contribution in [2.45, 2.75) is 64.3 Å². The van der Waals surface area contributed by atoms with Crippen LogP contribution in [-0.2, 0) is 13.6 Å². The van der Waals surface area contributed by atoms with Gasteiger partial charge in [-0.2, -0.15) is 0 Å². The molecule has 0 N–H and O–H groups in total. The predicted molar refractivity (Wildman–Crippen MR) is 141 cm³/mol. The Balaban J connectivity index is 2.12. The highest BCUT2D eigenvalue weighted by Crippen LogP contribution is 2.29. The van der Waals surface area contributed by atoms with Crippen molar-refractivity contribution >= 4 is 28.6 Å². The van der Waals surface area contributed by atoms with Crippen LogP contribution < -0.4 is 9.47 Å². The quantitative estimate of drug-likeness (QED) is 0.260. The number of ether oxygens (including phenoxy) is 4. The van der Waals surface area contributed by atoms with E-state index in [9.17, 15) is 9.59 Å². The molecule has 2 atom stereocenters. The number of carbonyl (C=O) groups is 2. The molecule has 0 aromatic heterocycles. The van der Waals surface area contributed by atoms with E-state index in [0.717, 1.165) is 12.8 Å². The summed E-state index contributed by atoms with van der Waals surface area (Å²) in [6.07, 6.45) is 1.60. The maximum atomic E-state index is 11.7. The maximum Gasteiger partial charge on any atom is 0.337 e. The Morgan fingerprint density at radius 2 is 0.971 bits per heavy atom. The summed E-state index contributed by atoms with van der Waals surface area (Å²) in [5.41, 5.74) is 0.818. The van der Waals surface area contributed by atoms with E-state index in [-0.39, 0.29) is 23.4 Å². The molecule has 192 valence electrons. The van der Waals surface area contributed by atoms with Crippen molar-refractivity contribution in [3.8, 4) is 11.5 Å². The van der Waals surface area contributed by atoms with Gasteiger partial charge in [0.05, 0.1) is 25.3 Å². The molecule has 2 aromatic carbocycles. The van der Waals surface area contributed by atoms with Gasteiger partial charge >= 0.3 is 11.9 Å². The second-order valence-corrected chi connectivity index (χ2v) is 17.9. The summed E-state index contributed by atoms with van der Waals surface area (Å²) in [6.45, 7) is 12.9. The van der Waals surface area contributed by atoms with Crippen LogP contribution in [0.15, 0.2) is 48.5 Å². The van der Waals surface area contributed by atoms with Crippen LogP contribution in [0.1, 0.15) is 47.4 Å². The molecule has 9 heteroatoms. The van der Waals surface area contributed by atoms with Crippen LogP contribution in [0.25, 0.3) is 0 Å². The van der Waals surface area contributed by atoms with Gasteiger partial charge in [-0.1, -0.05) is 13.8 Å². The minimum Gasteiger partial charge on any atom is -0.491 e. The van der Waals surface area contributed by atoms with Crippen molar-refractivity contribution in [1.29, 1.82) is 0 Å². The van der Waals surface area contributed by atoms with Crippen molar-refractivity contribution in [3.63, 3.8) is 0 Å². The fourth-order valence-corrected chi connectivity index (χ4v) is 13.4. The molecule has 2 rings (SSSR count). The van der Waals surface area contributed by atoms with Crippen LogP contribution >= 0.6 is 0 Å². The van der Waals surface area contributed by atoms with Gasteiger partial charge in [0.2, 0.25) is 16.6 Å². The van der Waals surface area contributed by atoms with E-state index in [4.69, 9.17) is 23.1 Å². The molecule has 0 saturated heterocycles. The Bertz CT molecular complexity index is 893. The third-order valence-electron chi connectivity index (χ3n) is 5.93. The highest BCUT2D eigenvalue weighted by atomic mass is 28.4. The van der Waals surface area contributed by atoms with Crippen molar-refractivity contribution in [2.75, 3.05) is 14.2 Å². The normalized spacial score (nSPS) is 13.5. The molecule has 0 aliphatic rings. The summed E-state index contributed by atoms with van der Waals surface area (Å²) >= 11 is 0. The van der Waals surface area contributed by atoms with Crippen LogP contribution in [0.5, 0.6) is 11.5 Å². The molecule has 2 aromatic rings. The number of carbonyl (C=O) groups excluding carboxylic acids is 2. The molecule has 0 heterocycles. The monoisotopic (exact) mass is 518 g/mol. The van der Waals surface area contributed by atoms with Gasteiger partial charge in [0.15, 0.2) is 0 Å². The number of rotatable bonds is 12. The number of benzene rings is 2. The number of hydrogen-bond acceptors (Lipinski definition) is 7. The molecule has 0 radical (unpaired) electrons. The number of hydrogen-bond donors (Lipinski definition) is 0. The Kier molecular flexibility index (Phi) is 10.1. The minimum atomic E-state index is -2.31. The first-order chi connectivity index (χ1) is 16.5. The Hall–Kier alpha value is -2.63. The lowest BCUT2D eigenvalue weighted by atomic mass is 10.2. The minimum absolute atomic E-state index is 0.0740. The van der Waals surface area contributed by atoms with E-state index in [0.29, 0.717) is 22.6 Å². The summed E-state index contributed by atoms with van der Waals surface area (Å²) in [6, 6.07) is 14.0. The van der Waals surface area contributed by atoms with E-state index >= 15 is 0 Å². The molecule has 0 fully saturated rings. The summed E-state index contributed by atoms with van der Waals surface area (Å²) in [4.78, 5) is 23.4. The van der Waals surface area contributed by atoms with Crippen LogP contribution in [0.2, 0.25) is 26.2 Å². The molecular formula is C26H38O7Si2. The second-order valence-electron chi connectivity index (χ2n) is 9.37. The zero-order valence-corrected chi connectivity index (χ0v) is 24.0. The molecule has 0 amide bonds. The van der Waals surface area contributed by atoms with Gasteiger partial charge in [-0.3, -0.25) is 0 Å². The van der Waals surface area contributed by atoms with Crippen molar-refractivity contribution in [1.82, 2.24) is 0 Å². The van der Waals surface area contributed by atoms with E-state index < -0.39 is 16.6 Å². The highest BCUT2D eigenvalue weighted by molar-refractivity contribution is 6.86. The Labute approximate surface area is 210 Å². The van der Waals surface area contributed by atoms with Crippen molar-refractivity contribution in [3.05, 3.63) is 59.7 Å². The molecule has 2 unspecified atom stereocenters. The van der Waals surface area contributed by atoms with Crippen LogP contribution in [-0.4, -0.2) is 54.2 Å². The second kappa shape index (κ2) is 12.4. The average molecular weight is 519 g/mol. The number of methoxy groups -OCH3 is 2. The predicted octanol–water partition coefficient (Wildman–Crippen LogP) is 5.78. The SMILES string of the molecule is CCC(Oc1ccc(C(=O)OC)cc1)[Si](C)(C)O[Si](C)(C)C(CC)Oc1ccc(C(=O)OC)cc1. The van der Waals surface area contributed by atoms with Crippen LogP contribution in [0.3, 0.4) is 0 Å². The largest absolute Gasteiger partial charge is 0.491 e. The van der Waals surface area contributed by atoms with Crippen LogP contribution in [0.4, 0.5) is 0 Å². The van der Waals surface area contributed by atoms with E-state index in [2.05, 4.69) is 40.0 Å². The fraction of sp³-hybridized carbons (Fsp3) is 0.462. The smallest absolute Gasteiger partial charge is 0.337 e. The summed E-state index contributed by atoms with van der Waals surface area (Å²) in [5, 5.41) is 0. The van der Waals surface area contributed by atoms with Gasteiger partial charge in [0, 0.05) is 0 Å². The van der Waals surface area contributed by atoms with Crippen molar-refractivity contribution in [2.24, 2.45) is 0 Å². The van der Waals surface area contributed by atoms with Gasteiger partial charge < -0.3 is 23.1 Å². The van der Waals surface area contributed by atoms with E-state index in [1.807, 2.05) is 0 Å². The molecule has 35 heavy (non-hydrogen) atoms. The topological polar surface area (TPSA) is 80.3 Å². The van der Waals surface area contributed by atoms with Gasteiger partial charge in [0.1, 0.15) is 23.0 Å². The van der Waals surface area contributed by atoms with Crippen LogP contribution in [0, 0.1) is 0 Å². The first kappa shape index (κ1) is 28.6. The van der Waals surface area contributed by atoms with Gasteiger partial charge in [-0.25, -0.2) is 9.59 Å². The van der Waals surface area contributed by atoms with Gasteiger partial charge in [0.25, 0.3) is 0 Å². The summed E-state index contributed by atoms with van der Waals surface area (Å²) in [7, 11) is -1.90. The van der Waals surface area contributed by atoms with Gasteiger partial charge in [-0.05, 0) is 87.6 Å². The molecule has 7 nitrogen and oxygen atoms in total. The zero-order chi connectivity index (χ0) is 26.2. The standard InChI is InChI=1S/C26H38O7Si2/c1-9-23(31-21-15-11-19(12-16-21)25(27)29-3)34(5,6)33-35(7,8)24(10-2)32-22-17-13-20(14-18-22)26(28)30-4/h11-18,23-24H,9-10H2,1-8H3. The lowest BCUT2D eigenvalue weighted by Crippen LogP contribution is -2.59. The third kappa shape index (κ3) is 7.68. The molecule has 0 spiro atoms. The number of esters is 2. The van der Waals surface area contributed by atoms with Gasteiger partial charge in [-0.15, -0.1) is 0 Å². The first-order valence-electron chi connectivity index (χ1n) is 11.9. The Morgan fingerprint density at radius 3 is 1.23 bits per heavy atom. The molecule has 0 saturated carbocycles. The lowest BCUT2D eigenvalue weighted by Gasteiger charge is -2.41. The van der Waals surface area contributed by atoms with E-state index in [1.165, 1.54) is 14.2 Å². The Morgan fingerprint density at radius 1 is 0.657 bits per heavy atom. The molecular weight excluding hydrogens is 480 g/mol. The third-order valence-corrected chi connectivity index (χ3v) is 14.3.